The molecule has 3 heterocycles. The van der Waals surface area contributed by atoms with Crippen molar-refractivity contribution in [2.75, 3.05) is 29.4 Å². The van der Waals surface area contributed by atoms with Gasteiger partial charge in [-0.2, -0.15) is 5.26 Å². The monoisotopic (exact) mass is 411 g/mol. The number of hydrogen-bond acceptors (Lipinski definition) is 5. The third kappa shape index (κ3) is 3.25. The number of benzene rings is 2. The number of nitrogens with zero attached hydrogens (tertiary/aromatic N) is 7. The van der Waals surface area contributed by atoms with Crippen LogP contribution >= 0.6 is 0 Å². The Labute approximate surface area is 182 Å². The van der Waals surface area contributed by atoms with Crippen LogP contribution < -0.4 is 9.80 Å². The van der Waals surface area contributed by atoms with E-state index < -0.39 is 0 Å². The Morgan fingerprint density at radius 2 is 1.94 bits per heavy atom. The van der Waals surface area contributed by atoms with E-state index in [0.29, 0.717) is 0 Å². The molecule has 2 aliphatic heterocycles. The second-order valence-corrected chi connectivity index (χ2v) is 8.34. The average Bonchev–Trinajstić information content (AvgIpc) is 3.05. The number of fused-ring (bicyclic) bond motifs is 2. The van der Waals surface area contributed by atoms with Gasteiger partial charge in [-0.05, 0) is 50.1 Å². The topological polar surface area (TPSA) is 71.7 Å². The SMILES string of the molecule is Cc1ccc2ncc(N3CCN4/C(=N\C#N)N(c5ccccc5C)C(C)C4C3)nc2c1. The van der Waals surface area contributed by atoms with Crippen LogP contribution in [0.25, 0.3) is 11.0 Å². The van der Waals surface area contributed by atoms with Crippen LogP contribution in [0.4, 0.5) is 11.5 Å². The van der Waals surface area contributed by atoms with Crippen molar-refractivity contribution in [3.05, 3.63) is 59.8 Å². The first-order valence-corrected chi connectivity index (χ1v) is 10.6. The van der Waals surface area contributed by atoms with Gasteiger partial charge in [-0.15, -0.1) is 4.99 Å². The summed E-state index contributed by atoms with van der Waals surface area (Å²) in [6.07, 6.45) is 3.89. The molecule has 2 unspecified atom stereocenters. The Morgan fingerprint density at radius 3 is 2.74 bits per heavy atom. The zero-order valence-electron chi connectivity index (χ0n) is 18.0. The molecule has 1 aromatic heterocycles. The molecule has 0 bridgehead atoms. The van der Waals surface area contributed by atoms with Gasteiger partial charge < -0.3 is 14.7 Å². The molecule has 0 spiro atoms. The van der Waals surface area contributed by atoms with Crippen molar-refractivity contribution in [1.82, 2.24) is 14.9 Å². The summed E-state index contributed by atoms with van der Waals surface area (Å²) in [5.74, 6) is 1.65. The molecule has 5 rings (SSSR count). The van der Waals surface area contributed by atoms with Crippen LogP contribution in [0.1, 0.15) is 18.1 Å². The molecule has 0 aliphatic carbocycles. The molecule has 2 aromatic carbocycles. The number of para-hydroxylation sites is 1. The Kier molecular flexibility index (Phi) is 4.70. The Hall–Kier alpha value is -3.66. The molecule has 156 valence electrons. The molecule has 7 nitrogen and oxygen atoms in total. The highest BCUT2D eigenvalue weighted by Crippen LogP contribution is 2.34. The number of anilines is 2. The van der Waals surface area contributed by atoms with Crippen molar-refractivity contribution in [2.24, 2.45) is 4.99 Å². The minimum Gasteiger partial charge on any atom is -0.351 e. The second kappa shape index (κ2) is 7.55. The minimum atomic E-state index is 0.173. The summed E-state index contributed by atoms with van der Waals surface area (Å²) in [5.41, 5.74) is 5.29. The normalized spacial score (nSPS) is 22.1. The maximum atomic E-state index is 9.37. The molecule has 0 amide bonds. The van der Waals surface area contributed by atoms with Gasteiger partial charge in [-0.1, -0.05) is 24.3 Å². The summed E-state index contributed by atoms with van der Waals surface area (Å²) >= 11 is 0. The van der Waals surface area contributed by atoms with Gasteiger partial charge in [0.2, 0.25) is 12.2 Å². The second-order valence-electron chi connectivity index (χ2n) is 8.34. The molecular formula is C24H25N7. The van der Waals surface area contributed by atoms with E-state index in [4.69, 9.17) is 4.98 Å². The van der Waals surface area contributed by atoms with Crippen molar-refractivity contribution in [3.8, 4) is 6.19 Å². The molecule has 0 radical (unpaired) electrons. The lowest BCUT2D eigenvalue weighted by Gasteiger charge is -2.38. The lowest BCUT2D eigenvalue weighted by atomic mass is 10.1. The molecule has 0 saturated carbocycles. The maximum Gasteiger partial charge on any atom is 0.217 e. The third-order valence-electron chi connectivity index (χ3n) is 6.39. The predicted molar refractivity (Wildman–Crippen MR) is 123 cm³/mol. The maximum absolute atomic E-state index is 9.37. The van der Waals surface area contributed by atoms with Gasteiger partial charge >= 0.3 is 0 Å². The largest absolute Gasteiger partial charge is 0.351 e. The molecule has 3 aromatic rings. The van der Waals surface area contributed by atoms with Crippen LogP contribution in [0.2, 0.25) is 0 Å². The van der Waals surface area contributed by atoms with E-state index in [1.807, 2.05) is 30.6 Å². The predicted octanol–water partition coefficient (Wildman–Crippen LogP) is 3.48. The van der Waals surface area contributed by atoms with Crippen LogP contribution in [0, 0.1) is 25.3 Å². The van der Waals surface area contributed by atoms with E-state index in [9.17, 15) is 5.26 Å². The van der Waals surface area contributed by atoms with Crippen molar-refractivity contribution in [3.63, 3.8) is 0 Å². The number of aryl methyl sites for hydroxylation is 2. The van der Waals surface area contributed by atoms with Gasteiger partial charge in [-0.3, -0.25) is 4.98 Å². The standard InChI is InChI=1S/C24H25N7/c1-16-8-9-19-20(12-16)28-23(13-26-19)29-10-11-30-22(14-29)18(3)31(24(30)27-15-25)21-7-5-4-6-17(21)2/h4-9,12-13,18,22H,10-11,14H2,1-3H3/b27-24+. The van der Waals surface area contributed by atoms with E-state index in [1.165, 1.54) is 11.1 Å². The van der Waals surface area contributed by atoms with Crippen LogP contribution in [0.15, 0.2) is 53.7 Å². The fourth-order valence-electron chi connectivity index (χ4n) is 4.76. The molecule has 2 aliphatic rings. The highest BCUT2D eigenvalue weighted by molar-refractivity contribution is 6.00. The van der Waals surface area contributed by atoms with Crippen LogP contribution in [-0.4, -0.2) is 52.5 Å². The van der Waals surface area contributed by atoms with Crippen molar-refractivity contribution >= 4 is 28.5 Å². The number of aliphatic imine (C=N–C) groups is 1. The molecule has 7 heteroatoms. The average molecular weight is 412 g/mol. The summed E-state index contributed by atoms with van der Waals surface area (Å²) in [7, 11) is 0. The van der Waals surface area contributed by atoms with Gasteiger partial charge in [0.15, 0.2) is 0 Å². The van der Waals surface area contributed by atoms with Gasteiger partial charge in [-0.25, -0.2) is 4.98 Å². The van der Waals surface area contributed by atoms with E-state index >= 15 is 0 Å². The zero-order chi connectivity index (χ0) is 21.5. The summed E-state index contributed by atoms with van der Waals surface area (Å²) in [6, 6.07) is 14.8. The zero-order valence-corrected chi connectivity index (χ0v) is 18.0. The van der Waals surface area contributed by atoms with Crippen LogP contribution in [0.5, 0.6) is 0 Å². The molecule has 2 saturated heterocycles. The molecule has 31 heavy (non-hydrogen) atoms. The molecule has 0 N–H and O–H groups in total. The number of guanidine groups is 1. The van der Waals surface area contributed by atoms with Crippen LogP contribution in [-0.2, 0) is 0 Å². The number of nitriles is 1. The molecule has 2 atom stereocenters. The number of aromatic nitrogens is 2. The Balaban J connectivity index is 1.48. The van der Waals surface area contributed by atoms with Gasteiger partial charge in [0.1, 0.15) is 5.82 Å². The van der Waals surface area contributed by atoms with E-state index in [1.54, 1.807) is 0 Å². The third-order valence-corrected chi connectivity index (χ3v) is 6.39. The minimum absolute atomic E-state index is 0.173. The summed E-state index contributed by atoms with van der Waals surface area (Å²) in [4.78, 5) is 20.5. The summed E-state index contributed by atoms with van der Waals surface area (Å²) in [6.45, 7) is 8.78. The number of rotatable bonds is 2. The van der Waals surface area contributed by atoms with Crippen molar-refractivity contribution in [1.29, 1.82) is 5.26 Å². The quantitative estimate of drug-likeness (QED) is 0.601. The Bertz CT molecular complexity index is 1210. The summed E-state index contributed by atoms with van der Waals surface area (Å²) < 4.78 is 0. The summed E-state index contributed by atoms with van der Waals surface area (Å²) in [5, 5.41) is 9.37. The number of hydrogen-bond donors (Lipinski definition) is 0. The van der Waals surface area contributed by atoms with E-state index in [-0.39, 0.29) is 12.1 Å². The fraction of sp³-hybridized carbons (Fsp3) is 0.333. The Morgan fingerprint density at radius 1 is 1.10 bits per heavy atom. The molecule has 2 fully saturated rings. The van der Waals surface area contributed by atoms with Gasteiger partial charge in [0.25, 0.3) is 0 Å². The first-order valence-electron chi connectivity index (χ1n) is 10.6. The fourth-order valence-corrected chi connectivity index (χ4v) is 4.76. The lowest BCUT2D eigenvalue weighted by molar-refractivity contribution is 0.288. The number of piperazine rings is 1. The smallest absolute Gasteiger partial charge is 0.217 e. The first kappa shape index (κ1) is 19.3. The highest BCUT2D eigenvalue weighted by Gasteiger charge is 2.45. The highest BCUT2D eigenvalue weighted by atomic mass is 15.5. The van der Waals surface area contributed by atoms with Crippen molar-refractivity contribution < 1.29 is 0 Å². The van der Waals surface area contributed by atoms with Gasteiger partial charge in [0, 0.05) is 25.3 Å². The lowest BCUT2D eigenvalue weighted by Crippen LogP contribution is -2.54. The first-order chi connectivity index (χ1) is 15.1. The van der Waals surface area contributed by atoms with E-state index in [2.05, 4.69) is 69.7 Å². The van der Waals surface area contributed by atoms with Crippen molar-refractivity contribution in [2.45, 2.75) is 32.9 Å². The van der Waals surface area contributed by atoms with Gasteiger partial charge in [0.05, 0.1) is 29.3 Å². The van der Waals surface area contributed by atoms with E-state index in [0.717, 1.165) is 48.1 Å². The molecular weight excluding hydrogens is 386 g/mol. The van der Waals surface area contributed by atoms with Crippen LogP contribution in [0.3, 0.4) is 0 Å².